The van der Waals surface area contributed by atoms with Gasteiger partial charge in [-0.2, -0.15) is 0 Å². The number of fused-ring (bicyclic) bond motifs is 3. The number of benzene rings is 5. The lowest BCUT2D eigenvalue weighted by Gasteiger charge is -2.39. The maximum absolute atomic E-state index is 15.0. The number of nitrogens with one attached hydrogen (secondary N) is 7. The van der Waals surface area contributed by atoms with E-state index in [0.717, 1.165) is 66.3 Å². The molecule has 2 aliphatic carbocycles. The molecule has 0 radical (unpaired) electrons. The van der Waals surface area contributed by atoms with Crippen LogP contribution in [0.5, 0.6) is 11.5 Å². The van der Waals surface area contributed by atoms with E-state index in [9.17, 15) is 33.6 Å². The number of nitrogens with zero attached hydrogens (tertiary/aromatic N) is 2. The summed E-state index contributed by atoms with van der Waals surface area (Å²) in [5.74, 6) is -1.45. The third-order valence-corrected chi connectivity index (χ3v) is 16.8. The zero-order valence-corrected chi connectivity index (χ0v) is 48.2. The van der Waals surface area contributed by atoms with E-state index >= 15 is 0 Å². The van der Waals surface area contributed by atoms with Crippen LogP contribution in [0.3, 0.4) is 0 Å². The second-order valence-corrected chi connectivity index (χ2v) is 23.5. The molecule has 0 bridgehead atoms. The Morgan fingerprint density at radius 1 is 0.585 bits per heavy atom. The van der Waals surface area contributed by atoms with Crippen LogP contribution in [0.2, 0.25) is 0 Å². The summed E-state index contributed by atoms with van der Waals surface area (Å²) in [5.41, 5.74) is 6.91. The van der Waals surface area contributed by atoms with Crippen LogP contribution < -0.4 is 42.0 Å². The van der Waals surface area contributed by atoms with Gasteiger partial charge in [-0.25, -0.2) is 0 Å². The van der Waals surface area contributed by atoms with Crippen LogP contribution in [-0.2, 0) is 61.0 Å². The van der Waals surface area contributed by atoms with Gasteiger partial charge >= 0.3 is 0 Å². The first kappa shape index (κ1) is 58.8. The lowest BCUT2D eigenvalue weighted by atomic mass is 9.85. The highest BCUT2D eigenvalue weighted by molar-refractivity contribution is 5.97. The zero-order chi connectivity index (χ0) is 58.2. The molecule has 17 heteroatoms. The molecule has 5 aromatic rings. The number of likely N-dealkylation sites (N-methyl/N-ethyl adjacent to an activating group) is 2. The van der Waals surface area contributed by atoms with E-state index in [-0.39, 0.29) is 67.6 Å². The minimum atomic E-state index is -0.999. The lowest BCUT2D eigenvalue weighted by Crippen LogP contribution is -2.59. The average Bonchev–Trinajstić information content (AvgIpc) is 4.11. The van der Waals surface area contributed by atoms with Crippen molar-refractivity contribution < 1.29 is 38.3 Å². The molecule has 7 amide bonds. The zero-order valence-electron chi connectivity index (χ0n) is 48.2. The summed E-state index contributed by atoms with van der Waals surface area (Å²) in [7, 11) is 3.35. The largest absolute Gasteiger partial charge is 0.457 e. The minimum absolute atomic E-state index is 0.0577. The number of rotatable bonds is 18. The van der Waals surface area contributed by atoms with Crippen LogP contribution in [0, 0.1) is 5.41 Å². The summed E-state index contributed by atoms with van der Waals surface area (Å²) in [6.07, 6.45) is 5.94. The SMILES string of the molecule is CNC(C)C(=O)NC(Cc1ccc(Oc2ccc(C(=O)NC3CC(C(=O)NC4CCCc5ccccc54)N(C(=O)C(NC(=O)C(C)NC)C(C)(C)C)C3)cc2)cc1)C(=O)N1Cc2ccccc2CC1C(=O)NC1CCCc2ccccc21. The third-order valence-electron chi connectivity index (χ3n) is 16.8. The van der Waals surface area contributed by atoms with E-state index in [1.54, 1.807) is 69.2 Å². The molecule has 9 rings (SSSR count). The molecule has 2 aliphatic heterocycles. The molecule has 2 heterocycles. The van der Waals surface area contributed by atoms with Crippen LogP contribution in [0.25, 0.3) is 0 Å². The summed E-state index contributed by atoms with van der Waals surface area (Å²) in [6.45, 7) is 9.30. The maximum Gasteiger partial charge on any atom is 0.251 e. The van der Waals surface area contributed by atoms with E-state index in [1.807, 2.05) is 87.5 Å². The highest BCUT2D eigenvalue weighted by Gasteiger charge is 2.46. The smallest absolute Gasteiger partial charge is 0.251 e. The summed E-state index contributed by atoms with van der Waals surface area (Å²) < 4.78 is 6.23. The Labute approximate surface area is 481 Å². The fraction of sp³-hybridized carbons (Fsp3) is 0.431. The monoisotopic (exact) mass is 1110 g/mol. The molecule has 82 heavy (non-hydrogen) atoms. The van der Waals surface area contributed by atoms with Crippen LogP contribution in [0.15, 0.2) is 121 Å². The Hall–Kier alpha value is -7.89. The fourth-order valence-electron chi connectivity index (χ4n) is 11.8. The molecule has 5 aromatic carbocycles. The summed E-state index contributed by atoms with van der Waals surface area (Å²) in [5, 5.41) is 21.4. The van der Waals surface area contributed by atoms with Crippen LogP contribution in [0.4, 0.5) is 0 Å². The van der Waals surface area contributed by atoms with Crippen molar-refractivity contribution in [3.63, 3.8) is 0 Å². The second-order valence-electron chi connectivity index (χ2n) is 23.5. The van der Waals surface area contributed by atoms with Crippen molar-refractivity contribution in [1.29, 1.82) is 0 Å². The van der Waals surface area contributed by atoms with E-state index in [0.29, 0.717) is 23.5 Å². The Morgan fingerprint density at radius 3 is 1.66 bits per heavy atom. The van der Waals surface area contributed by atoms with Crippen molar-refractivity contribution in [2.24, 2.45) is 5.41 Å². The van der Waals surface area contributed by atoms with E-state index in [2.05, 4.69) is 55.4 Å². The number of aryl methyl sites for hydroxylation is 2. The van der Waals surface area contributed by atoms with Crippen molar-refractivity contribution in [2.45, 2.75) is 153 Å². The number of hydrogen-bond acceptors (Lipinski definition) is 10. The Kier molecular flexibility index (Phi) is 18.6. The van der Waals surface area contributed by atoms with Crippen molar-refractivity contribution in [1.82, 2.24) is 47.0 Å². The van der Waals surface area contributed by atoms with E-state index < -0.39 is 59.5 Å². The molecule has 1 saturated heterocycles. The molecular formula is C65H79N9O8. The number of ether oxygens (including phenoxy) is 1. The number of amides is 7. The van der Waals surface area contributed by atoms with Gasteiger partial charge < -0.3 is 51.8 Å². The highest BCUT2D eigenvalue weighted by Crippen LogP contribution is 2.34. The molecular weight excluding hydrogens is 1030 g/mol. The van der Waals surface area contributed by atoms with Crippen LogP contribution in [-0.4, -0.2) is 114 Å². The Balaban J connectivity index is 0.867. The fourth-order valence-corrected chi connectivity index (χ4v) is 11.8. The van der Waals surface area contributed by atoms with Gasteiger partial charge in [0.1, 0.15) is 35.7 Å². The van der Waals surface area contributed by atoms with Crippen LogP contribution >= 0.6 is 0 Å². The molecule has 9 atom stereocenters. The van der Waals surface area contributed by atoms with Gasteiger partial charge in [-0.1, -0.05) is 106 Å². The van der Waals surface area contributed by atoms with Gasteiger partial charge in [-0.15, -0.1) is 0 Å². The summed E-state index contributed by atoms with van der Waals surface area (Å²) in [4.78, 5) is 102. The lowest BCUT2D eigenvalue weighted by molar-refractivity contribution is -0.145. The first-order chi connectivity index (χ1) is 39.4. The first-order valence-electron chi connectivity index (χ1n) is 29.0. The topological polar surface area (TPSA) is 219 Å². The third kappa shape index (κ3) is 13.7. The standard InChI is InChI=1S/C65H79N9O8/c1-39(66-6)58(75)71-54(63(80)73-37-46-19-9-8-18-45(46)35-55(73)61(78)69-52-24-14-20-42-16-10-12-22-50(42)52)34-41-26-30-48(31-27-41)82-49-32-28-44(29-33-49)60(77)68-47-36-56(62(79)70-53-25-15-21-43-17-11-13-23-51(43)53)74(38-47)64(81)57(65(3,4)5)72-59(76)40(2)67-7/h8-13,16-19,22-23,26-33,39-40,47,52-57,66-67H,14-15,20-21,24-25,34-38H2,1-7H3,(H,68,77)(H,69,78)(H,70,79)(H,71,75)(H,72,76). The highest BCUT2D eigenvalue weighted by atomic mass is 16.5. The van der Waals surface area contributed by atoms with Gasteiger partial charge in [-0.3, -0.25) is 33.6 Å². The molecule has 17 nitrogen and oxygen atoms in total. The molecule has 4 aliphatic rings. The molecule has 1 fully saturated rings. The van der Waals surface area contributed by atoms with Crippen molar-refractivity contribution >= 4 is 41.4 Å². The van der Waals surface area contributed by atoms with Crippen molar-refractivity contribution in [3.8, 4) is 11.5 Å². The Morgan fingerprint density at radius 2 is 1.10 bits per heavy atom. The van der Waals surface area contributed by atoms with Gasteiger partial charge in [0.15, 0.2) is 0 Å². The van der Waals surface area contributed by atoms with Gasteiger partial charge in [0.25, 0.3) is 5.91 Å². The van der Waals surface area contributed by atoms with Gasteiger partial charge in [0, 0.05) is 37.5 Å². The Bertz CT molecular complexity index is 3140. The molecule has 7 N–H and O–H groups in total. The number of carbonyl (C=O) groups excluding carboxylic acids is 7. The van der Waals surface area contributed by atoms with E-state index in [1.165, 1.54) is 16.0 Å². The number of carbonyl (C=O) groups is 7. The molecule has 9 unspecified atom stereocenters. The summed E-state index contributed by atoms with van der Waals surface area (Å²) >= 11 is 0. The van der Waals surface area contributed by atoms with Gasteiger partial charge in [0.05, 0.1) is 24.2 Å². The van der Waals surface area contributed by atoms with Gasteiger partial charge in [0.2, 0.25) is 35.4 Å². The molecule has 0 saturated carbocycles. The number of hydrogen-bond donors (Lipinski definition) is 7. The van der Waals surface area contributed by atoms with Crippen molar-refractivity contribution in [3.05, 3.63) is 166 Å². The predicted molar refractivity (Wildman–Crippen MR) is 313 cm³/mol. The maximum atomic E-state index is 15.0. The van der Waals surface area contributed by atoms with Gasteiger partial charge in [-0.05, 0) is 154 Å². The minimum Gasteiger partial charge on any atom is -0.457 e. The van der Waals surface area contributed by atoms with E-state index in [4.69, 9.17) is 4.74 Å². The normalized spacial score (nSPS) is 20.7. The summed E-state index contributed by atoms with van der Waals surface area (Å²) in [6, 6.07) is 32.2. The number of likely N-dealkylation sites (tertiary alicyclic amines) is 1. The molecule has 432 valence electrons. The quantitative estimate of drug-likeness (QED) is 0.0520. The molecule has 0 spiro atoms. The average molecular weight is 1110 g/mol. The van der Waals surface area contributed by atoms with Crippen LogP contribution in [0.1, 0.15) is 128 Å². The van der Waals surface area contributed by atoms with Crippen molar-refractivity contribution in [2.75, 3.05) is 20.6 Å². The predicted octanol–water partition coefficient (Wildman–Crippen LogP) is 6.29. The first-order valence-corrected chi connectivity index (χ1v) is 29.0. The molecule has 0 aromatic heterocycles. The second kappa shape index (κ2) is 25.9.